The minimum Gasteiger partial charge on any atom is -0.381 e. The van der Waals surface area contributed by atoms with Crippen molar-refractivity contribution in [1.29, 1.82) is 0 Å². The van der Waals surface area contributed by atoms with E-state index in [2.05, 4.69) is 21.2 Å². The summed E-state index contributed by atoms with van der Waals surface area (Å²) in [5.74, 6) is -2.08. The molecule has 19 heavy (non-hydrogen) atoms. The van der Waals surface area contributed by atoms with Gasteiger partial charge in [-0.3, -0.25) is 4.79 Å². The van der Waals surface area contributed by atoms with Crippen LogP contribution >= 0.6 is 15.9 Å². The molecule has 7 heteroatoms. The maximum Gasteiger partial charge on any atom is 0.244 e. The van der Waals surface area contributed by atoms with E-state index in [1.807, 2.05) is 0 Å². The van der Waals surface area contributed by atoms with E-state index >= 15 is 0 Å². The Hall–Kier alpha value is -1.05. The number of hydrogen-bond donors (Lipinski definition) is 2. The number of carbonyl (C=O) groups is 1. The summed E-state index contributed by atoms with van der Waals surface area (Å²) < 4.78 is 31.8. The first-order valence-electron chi connectivity index (χ1n) is 5.75. The van der Waals surface area contributed by atoms with E-state index in [0.717, 1.165) is 6.07 Å². The van der Waals surface area contributed by atoms with Crippen molar-refractivity contribution in [2.24, 2.45) is 5.73 Å². The van der Waals surface area contributed by atoms with Crippen LogP contribution < -0.4 is 11.1 Å². The number of nitrogens with two attached hydrogens (primary N) is 1. The summed E-state index contributed by atoms with van der Waals surface area (Å²) in [6.07, 6.45) is 0.721. The van der Waals surface area contributed by atoms with Gasteiger partial charge in [0.1, 0.15) is 11.4 Å². The van der Waals surface area contributed by atoms with Crippen LogP contribution in [0.1, 0.15) is 12.8 Å². The van der Waals surface area contributed by atoms with Crippen molar-refractivity contribution in [3.05, 3.63) is 28.2 Å². The summed E-state index contributed by atoms with van der Waals surface area (Å²) in [5, 5.41) is 2.41. The summed E-state index contributed by atoms with van der Waals surface area (Å²) in [7, 11) is 0. The summed E-state index contributed by atoms with van der Waals surface area (Å²) in [6.45, 7) is 0.772. The highest BCUT2D eigenvalue weighted by atomic mass is 79.9. The van der Waals surface area contributed by atoms with Crippen LogP contribution in [-0.2, 0) is 9.53 Å². The molecule has 0 unspecified atom stereocenters. The van der Waals surface area contributed by atoms with Crippen LogP contribution in [0.5, 0.6) is 0 Å². The molecular weight excluding hydrogens is 322 g/mol. The van der Waals surface area contributed by atoms with Crippen molar-refractivity contribution in [3.63, 3.8) is 0 Å². The largest absolute Gasteiger partial charge is 0.381 e. The number of hydrogen-bond acceptors (Lipinski definition) is 3. The summed E-state index contributed by atoms with van der Waals surface area (Å²) in [5.41, 5.74) is 4.78. The second kappa shape index (κ2) is 5.52. The Labute approximate surface area is 117 Å². The molecule has 1 aromatic carbocycles. The monoisotopic (exact) mass is 334 g/mol. The normalized spacial score (nSPS) is 18.1. The van der Waals surface area contributed by atoms with Crippen LogP contribution in [0.2, 0.25) is 0 Å². The van der Waals surface area contributed by atoms with Gasteiger partial charge < -0.3 is 15.8 Å². The molecule has 0 aliphatic carbocycles. The lowest BCUT2D eigenvalue weighted by Gasteiger charge is -2.31. The Bertz CT molecular complexity index is 481. The molecule has 0 aromatic heterocycles. The van der Waals surface area contributed by atoms with Crippen molar-refractivity contribution in [1.82, 2.24) is 0 Å². The van der Waals surface area contributed by atoms with Gasteiger partial charge in [-0.15, -0.1) is 0 Å². The van der Waals surface area contributed by atoms with E-state index in [9.17, 15) is 13.6 Å². The first-order chi connectivity index (χ1) is 8.92. The lowest BCUT2D eigenvalue weighted by molar-refractivity contribution is -0.124. The molecule has 104 valence electrons. The molecule has 0 radical (unpaired) electrons. The van der Waals surface area contributed by atoms with E-state index in [1.54, 1.807) is 0 Å². The zero-order chi connectivity index (χ0) is 14.0. The van der Waals surface area contributed by atoms with E-state index in [-0.39, 0.29) is 10.2 Å². The second-order valence-electron chi connectivity index (χ2n) is 4.47. The van der Waals surface area contributed by atoms with Gasteiger partial charge in [-0.25, -0.2) is 8.78 Å². The first kappa shape index (κ1) is 14.4. The highest BCUT2D eigenvalue weighted by molar-refractivity contribution is 9.10. The number of benzene rings is 1. The SMILES string of the molecule is NC1(C(=O)Nc2c(F)cc(F)cc2Br)CCOCC1. The number of ether oxygens (including phenoxy) is 1. The van der Waals surface area contributed by atoms with Crippen molar-refractivity contribution >= 4 is 27.5 Å². The Morgan fingerprint density at radius 2 is 2.00 bits per heavy atom. The minimum atomic E-state index is -1.08. The molecule has 1 aliphatic rings. The van der Waals surface area contributed by atoms with Crippen LogP contribution in [0, 0.1) is 11.6 Å². The molecule has 1 fully saturated rings. The molecule has 4 nitrogen and oxygen atoms in total. The molecular formula is C12H13BrF2N2O2. The second-order valence-corrected chi connectivity index (χ2v) is 5.32. The van der Waals surface area contributed by atoms with Crippen LogP contribution in [0.4, 0.5) is 14.5 Å². The van der Waals surface area contributed by atoms with E-state index in [4.69, 9.17) is 10.5 Å². The van der Waals surface area contributed by atoms with Crippen molar-refractivity contribution in [3.8, 4) is 0 Å². The fourth-order valence-electron chi connectivity index (χ4n) is 1.86. The molecule has 1 heterocycles. The van der Waals surface area contributed by atoms with Gasteiger partial charge in [-0.2, -0.15) is 0 Å². The molecule has 2 rings (SSSR count). The van der Waals surface area contributed by atoms with Gasteiger partial charge in [-0.1, -0.05) is 0 Å². The standard InChI is InChI=1S/C12H13BrF2N2O2/c13-8-5-7(14)6-9(15)10(8)17-11(18)12(16)1-3-19-4-2-12/h5-6H,1-4,16H2,(H,17,18). The van der Waals surface area contributed by atoms with Gasteiger partial charge >= 0.3 is 0 Å². The van der Waals surface area contributed by atoms with E-state index in [1.165, 1.54) is 0 Å². The average molecular weight is 335 g/mol. The Morgan fingerprint density at radius 1 is 1.37 bits per heavy atom. The molecule has 3 N–H and O–H groups in total. The predicted molar refractivity (Wildman–Crippen MR) is 69.7 cm³/mol. The maximum absolute atomic E-state index is 13.6. The third-order valence-electron chi connectivity index (χ3n) is 3.08. The Kier molecular flexibility index (Phi) is 4.17. The minimum absolute atomic E-state index is 0.109. The topological polar surface area (TPSA) is 64.4 Å². The van der Waals surface area contributed by atoms with Gasteiger partial charge in [0.05, 0.1) is 5.69 Å². The molecule has 1 saturated heterocycles. The predicted octanol–water partition coefficient (Wildman–Crippen LogP) is 2.17. The fraction of sp³-hybridized carbons (Fsp3) is 0.417. The molecule has 0 saturated carbocycles. The molecule has 1 aliphatic heterocycles. The van der Waals surface area contributed by atoms with Gasteiger partial charge in [0.25, 0.3) is 0 Å². The third kappa shape index (κ3) is 3.10. The van der Waals surface area contributed by atoms with Gasteiger partial charge in [0.2, 0.25) is 5.91 Å². The number of anilines is 1. The maximum atomic E-state index is 13.6. The molecule has 0 bridgehead atoms. The smallest absolute Gasteiger partial charge is 0.244 e. The zero-order valence-corrected chi connectivity index (χ0v) is 11.6. The van der Waals surface area contributed by atoms with Gasteiger partial charge in [0.15, 0.2) is 5.82 Å². The van der Waals surface area contributed by atoms with Crippen LogP contribution in [-0.4, -0.2) is 24.7 Å². The fourth-order valence-corrected chi connectivity index (χ4v) is 2.37. The van der Waals surface area contributed by atoms with Crippen LogP contribution in [0.25, 0.3) is 0 Å². The van der Waals surface area contributed by atoms with Crippen molar-refractivity contribution < 1.29 is 18.3 Å². The number of rotatable bonds is 2. The lowest BCUT2D eigenvalue weighted by atomic mass is 9.90. The quantitative estimate of drug-likeness (QED) is 0.871. The summed E-state index contributed by atoms with van der Waals surface area (Å²) in [4.78, 5) is 12.1. The zero-order valence-electron chi connectivity index (χ0n) is 10.0. The van der Waals surface area contributed by atoms with Crippen molar-refractivity contribution in [2.75, 3.05) is 18.5 Å². The van der Waals surface area contributed by atoms with E-state index < -0.39 is 23.1 Å². The van der Waals surface area contributed by atoms with Gasteiger partial charge in [-0.05, 0) is 34.8 Å². The Balaban J connectivity index is 2.19. The molecule has 0 atom stereocenters. The number of nitrogens with one attached hydrogen (secondary N) is 1. The molecule has 1 amide bonds. The van der Waals surface area contributed by atoms with Crippen LogP contribution in [0.15, 0.2) is 16.6 Å². The third-order valence-corrected chi connectivity index (χ3v) is 3.71. The van der Waals surface area contributed by atoms with Gasteiger partial charge in [0, 0.05) is 23.8 Å². The first-order valence-corrected chi connectivity index (χ1v) is 6.54. The molecule has 1 aromatic rings. The van der Waals surface area contributed by atoms with E-state index in [0.29, 0.717) is 32.1 Å². The highest BCUT2D eigenvalue weighted by Gasteiger charge is 2.36. The van der Waals surface area contributed by atoms with Crippen LogP contribution in [0.3, 0.4) is 0 Å². The number of amides is 1. The molecule has 0 spiro atoms. The average Bonchev–Trinajstić information content (AvgIpc) is 2.34. The number of carbonyl (C=O) groups excluding carboxylic acids is 1. The lowest BCUT2D eigenvalue weighted by Crippen LogP contribution is -2.54. The summed E-state index contributed by atoms with van der Waals surface area (Å²) in [6, 6.07) is 1.78. The van der Waals surface area contributed by atoms with Crippen molar-refractivity contribution in [2.45, 2.75) is 18.4 Å². The number of halogens is 3. The summed E-state index contributed by atoms with van der Waals surface area (Å²) >= 11 is 3.01. The Morgan fingerprint density at radius 3 is 2.58 bits per heavy atom. The highest BCUT2D eigenvalue weighted by Crippen LogP contribution is 2.28.